The topological polar surface area (TPSA) is 99.3 Å². The van der Waals surface area contributed by atoms with Crippen LogP contribution in [0.15, 0.2) is 24.4 Å². The van der Waals surface area contributed by atoms with E-state index in [4.69, 9.17) is 20.2 Å². The van der Waals surface area contributed by atoms with Crippen LogP contribution in [0, 0.1) is 20.8 Å². The van der Waals surface area contributed by atoms with E-state index in [9.17, 15) is 0 Å². The molecule has 1 aromatic carbocycles. The number of benzene rings is 1. The SMILES string of the molecule is COCC(C)c1c(C)nc(C)nc1N1CCOc2c(C)cc(-c3cnc4sc(N)nc4c3)cc2C1. The summed E-state index contributed by atoms with van der Waals surface area (Å²) in [6.07, 6.45) is 1.89. The lowest BCUT2D eigenvalue weighted by Crippen LogP contribution is -2.29. The van der Waals surface area contributed by atoms with Crippen LogP contribution in [0.25, 0.3) is 21.5 Å². The molecule has 0 bridgehead atoms. The van der Waals surface area contributed by atoms with Crippen LogP contribution in [0.3, 0.4) is 0 Å². The van der Waals surface area contributed by atoms with Gasteiger partial charge < -0.3 is 20.1 Å². The predicted octanol–water partition coefficient (Wildman–Crippen LogP) is 4.80. The summed E-state index contributed by atoms with van der Waals surface area (Å²) in [5.41, 5.74) is 13.1. The molecule has 0 aliphatic carbocycles. The van der Waals surface area contributed by atoms with E-state index in [0.717, 1.165) is 67.8 Å². The highest BCUT2D eigenvalue weighted by atomic mass is 32.1. The molecule has 0 saturated carbocycles. The molecule has 1 aliphatic heterocycles. The van der Waals surface area contributed by atoms with Crippen molar-refractivity contribution < 1.29 is 9.47 Å². The summed E-state index contributed by atoms with van der Waals surface area (Å²) in [4.78, 5) is 21.7. The van der Waals surface area contributed by atoms with Gasteiger partial charge in [0.25, 0.3) is 0 Å². The molecule has 1 aliphatic rings. The number of nitrogen functional groups attached to an aromatic ring is 1. The molecular formula is C26H30N6O2S. The first-order valence-corrected chi connectivity index (χ1v) is 12.5. The Morgan fingerprint density at radius 3 is 2.77 bits per heavy atom. The molecule has 1 atom stereocenters. The lowest BCUT2D eigenvalue weighted by molar-refractivity contribution is 0.184. The Morgan fingerprint density at radius 2 is 1.97 bits per heavy atom. The standard InChI is InChI=1S/C26H30N6O2S/c1-14-8-18(19-10-21-25(28-11-19)35-26(27)31-21)9-20-12-32(6-7-34-23(14)20)24-22(15(2)13-33-5)16(3)29-17(4)30-24/h8-11,15H,6-7,12-13H2,1-5H3,(H2,27,31). The molecule has 182 valence electrons. The van der Waals surface area contributed by atoms with Crippen LogP contribution < -0.4 is 15.4 Å². The smallest absolute Gasteiger partial charge is 0.182 e. The van der Waals surface area contributed by atoms with Crippen molar-refractivity contribution in [2.75, 3.05) is 37.5 Å². The fourth-order valence-electron chi connectivity index (χ4n) is 4.91. The molecule has 0 amide bonds. The number of fused-ring (bicyclic) bond motifs is 2. The number of aromatic nitrogens is 4. The fourth-order valence-corrected chi connectivity index (χ4v) is 5.57. The zero-order valence-electron chi connectivity index (χ0n) is 20.8. The maximum Gasteiger partial charge on any atom is 0.182 e. The second-order valence-electron chi connectivity index (χ2n) is 9.10. The van der Waals surface area contributed by atoms with E-state index < -0.39 is 0 Å². The summed E-state index contributed by atoms with van der Waals surface area (Å²) >= 11 is 1.40. The first kappa shape index (κ1) is 23.4. The van der Waals surface area contributed by atoms with Gasteiger partial charge in [-0.2, -0.15) is 0 Å². The van der Waals surface area contributed by atoms with Crippen LogP contribution in [0.2, 0.25) is 0 Å². The second kappa shape index (κ2) is 9.39. The summed E-state index contributed by atoms with van der Waals surface area (Å²) in [5, 5.41) is 0.528. The number of hydrogen-bond donors (Lipinski definition) is 1. The van der Waals surface area contributed by atoms with Crippen molar-refractivity contribution in [3.05, 3.63) is 52.6 Å². The molecule has 3 aromatic heterocycles. The van der Waals surface area contributed by atoms with E-state index >= 15 is 0 Å². The normalized spacial score (nSPS) is 14.5. The largest absolute Gasteiger partial charge is 0.491 e. The molecule has 4 heterocycles. The van der Waals surface area contributed by atoms with E-state index in [-0.39, 0.29) is 5.92 Å². The molecule has 0 saturated heterocycles. The van der Waals surface area contributed by atoms with Gasteiger partial charge in [-0.3, -0.25) is 0 Å². The van der Waals surface area contributed by atoms with Gasteiger partial charge in [-0.1, -0.05) is 18.3 Å². The van der Waals surface area contributed by atoms with E-state index in [1.165, 1.54) is 11.3 Å². The number of pyridine rings is 1. The second-order valence-corrected chi connectivity index (χ2v) is 10.1. The molecular weight excluding hydrogens is 460 g/mol. The fraction of sp³-hybridized carbons (Fsp3) is 0.385. The van der Waals surface area contributed by atoms with Gasteiger partial charge in [-0.15, -0.1) is 0 Å². The minimum absolute atomic E-state index is 0.177. The first-order valence-electron chi connectivity index (χ1n) is 11.7. The molecule has 2 N–H and O–H groups in total. The van der Waals surface area contributed by atoms with Crippen molar-refractivity contribution in [2.45, 2.75) is 40.2 Å². The van der Waals surface area contributed by atoms with Crippen molar-refractivity contribution in [1.29, 1.82) is 0 Å². The number of methoxy groups -OCH3 is 1. The zero-order chi connectivity index (χ0) is 24.7. The third-order valence-electron chi connectivity index (χ3n) is 6.35. The molecule has 0 radical (unpaired) electrons. The number of anilines is 2. The van der Waals surface area contributed by atoms with Gasteiger partial charge in [0.05, 0.1) is 13.2 Å². The quantitative estimate of drug-likeness (QED) is 0.426. The molecule has 0 fully saturated rings. The Balaban J connectivity index is 1.56. The third kappa shape index (κ3) is 4.53. The van der Waals surface area contributed by atoms with Gasteiger partial charge in [-0.05, 0) is 50.1 Å². The summed E-state index contributed by atoms with van der Waals surface area (Å²) in [5.74, 6) is 2.84. The summed E-state index contributed by atoms with van der Waals surface area (Å²) in [7, 11) is 1.73. The number of nitrogens with two attached hydrogens (primary N) is 1. The Hall–Kier alpha value is -3.30. The van der Waals surface area contributed by atoms with Crippen molar-refractivity contribution in [1.82, 2.24) is 19.9 Å². The molecule has 1 unspecified atom stereocenters. The van der Waals surface area contributed by atoms with Gasteiger partial charge in [0.1, 0.15) is 34.3 Å². The maximum absolute atomic E-state index is 6.25. The Morgan fingerprint density at radius 1 is 1.14 bits per heavy atom. The van der Waals surface area contributed by atoms with Crippen LogP contribution in [0.4, 0.5) is 10.9 Å². The number of thiazole rings is 1. The first-order chi connectivity index (χ1) is 16.8. The van der Waals surface area contributed by atoms with Crippen LogP contribution in [0.5, 0.6) is 5.75 Å². The molecule has 9 heteroatoms. The minimum Gasteiger partial charge on any atom is -0.491 e. The molecule has 4 aromatic rings. The Bertz CT molecular complexity index is 1400. The van der Waals surface area contributed by atoms with Crippen molar-refractivity contribution in [3.63, 3.8) is 0 Å². The number of aryl methyl sites for hydroxylation is 3. The third-order valence-corrected chi connectivity index (χ3v) is 7.16. The van der Waals surface area contributed by atoms with E-state index in [2.05, 4.69) is 52.8 Å². The van der Waals surface area contributed by atoms with Gasteiger partial charge in [-0.25, -0.2) is 19.9 Å². The number of ether oxygens (including phenoxy) is 2. The number of nitrogens with zero attached hydrogens (tertiary/aromatic N) is 5. The summed E-state index contributed by atoms with van der Waals surface area (Å²) in [6.45, 7) is 10.9. The van der Waals surface area contributed by atoms with E-state index in [1.807, 2.05) is 19.2 Å². The van der Waals surface area contributed by atoms with E-state index in [1.54, 1.807) is 7.11 Å². The van der Waals surface area contributed by atoms with Crippen molar-refractivity contribution in [2.24, 2.45) is 0 Å². The van der Waals surface area contributed by atoms with Gasteiger partial charge in [0, 0.05) is 48.2 Å². The van der Waals surface area contributed by atoms with Gasteiger partial charge in [0.2, 0.25) is 0 Å². The monoisotopic (exact) mass is 490 g/mol. The number of rotatable bonds is 5. The zero-order valence-corrected chi connectivity index (χ0v) is 21.6. The highest BCUT2D eigenvalue weighted by molar-refractivity contribution is 7.21. The van der Waals surface area contributed by atoms with Crippen LogP contribution >= 0.6 is 11.3 Å². The molecule has 0 spiro atoms. The predicted molar refractivity (Wildman–Crippen MR) is 140 cm³/mol. The highest BCUT2D eigenvalue weighted by Gasteiger charge is 2.25. The average Bonchev–Trinajstić information content (AvgIpc) is 3.03. The lowest BCUT2D eigenvalue weighted by atomic mass is 9.98. The van der Waals surface area contributed by atoms with Crippen molar-refractivity contribution >= 4 is 32.6 Å². The number of hydrogen-bond acceptors (Lipinski definition) is 9. The van der Waals surface area contributed by atoms with Crippen LogP contribution in [-0.2, 0) is 11.3 Å². The minimum atomic E-state index is 0.177. The van der Waals surface area contributed by atoms with Gasteiger partial charge >= 0.3 is 0 Å². The van der Waals surface area contributed by atoms with E-state index in [0.29, 0.717) is 24.9 Å². The van der Waals surface area contributed by atoms with Gasteiger partial charge in [0.15, 0.2) is 5.13 Å². The van der Waals surface area contributed by atoms with Crippen LogP contribution in [-0.4, -0.2) is 46.8 Å². The van der Waals surface area contributed by atoms with Crippen LogP contribution in [0.1, 0.15) is 41.1 Å². The maximum atomic E-state index is 6.25. The molecule has 35 heavy (non-hydrogen) atoms. The summed E-state index contributed by atoms with van der Waals surface area (Å²) < 4.78 is 11.7. The lowest BCUT2D eigenvalue weighted by Gasteiger charge is -2.27. The average molecular weight is 491 g/mol. The highest BCUT2D eigenvalue weighted by Crippen LogP contribution is 2.37. The van der Waals surface area contributed by atoms with Crippen molar-refractivity contribution in [3.8, 4) is 16.9 Å². The molecule has 8 nitrogen and oxygen atoms in total. The molecule has 5 rings (SSSR count). The summed E-state index contributed by atoms with van der Waals surface area (Å²) in [6, 6.07) is 6.39. The Labute approximate surface area is 209 Å². The Kier molecular flexibility index (Phi) is 6.29.